The van der Waals surface area contributed by atoms with E-state index < -0.39 is 30.2 Å². The van der Waals surface area contributed by atoms with Crippen molar-refractivity contribution in [3.8, 4) is 0 Å². The lowest BCUT2D eigenvalue weighted by molar-refractivity contribution is -0.125. The van der Waals surface area contributed by atoms with Gasteiger partial charge in [0.25, 0.3) is 0 Å². The number of carbonyl (C=O) groups excluding carboxylic acids is 2. The maximum atomic E-state index is 12.9. The Morgan fingerprint density at radius 1 is 1.00 bits per heavy atom. The molecule has 30 heavy (non-hydrogen) atoms. The van der Waals surface area contributed by atoms with E-state index in [9.17, 15) is 19.5 Å². The molecule has 0 aromatic heterocycles. The fraction of sp³-hybridized carbons (Fsp3) is 0.522. The Balaban J connectivity index is 1.99. The van der Waals surface area contributed by atoms with Crippen LogP contribution in [0, 0.1) is 11.8 Å². The van der Waals surface area contributed by atoms with Crippen molar-refractivity contribution in [1.29, 1.82) is 0 Å². The number of hydrogen-bond acceptors (Lipinski definition) is 5. The lowest BCUT2D eigenvalue weighted by Crippen LogP contribution is -2.51. The molecule has 0 aliphatic heterocycles. The molecule has 0 aliphatic carbocycles. The first kappa shape index (κ1) is 23.6. The number of aliphatic hydroxyl groups is 1. The van der Waals surface area contributed by atoms with E-state index >= 15 is 0 Å². The number of hydrogen-bond donors (Lipinski definition) is 3. The molecule has 0 aliphatic rings. The van der Waals surface area contributed by atoms with Gasteiger partial charge in [0.1, 0.15) is 18.8 Å². The summed E-state index contributed by atoms with van der Waals surface area (Å²) in [6, 6.07) is 9.23. The summed E-state index contributed by atoms with van der Waals surface area (Å²) in [6.07, 6.45) is -0.808. The normalized spacial score (nSPS) is 14.5. The average Bonchev–Trinajstić information content (AvgIpc) is 3.41. The monoisotopic (exact) mass is 416 g/mol. The predicted octanol–water partition coefficient (Wildman–Crippen LogP) is 2.83. The third-order valence-electron chi connectivity index (χ3n) is 4.77. The Morgan fingerprint density at radius 3 is 2.13 bits per heavy atom. The van der Waals surface area contributed by atoms with Gasteiger partial charge in [-0.3, -0.25) is 9.59 Å². The van der Waals surface area contributed by atoms with Gasteiger partial charge in [0, 0.05) is 5.56 Å². The molecule has 0 radical (unpaired) electrons. The second kappa shape index (κ2) is 10.9. The quantitative estimate of drug-likeness (QED) is 0.522. The molecule has 0 saturated carbocycles. The van der Waals surface area contributed by atoms with E-state index in [-0.39, 0.29) is 23.9 Å². The van der Waals surface area contributed by atoms with Gasteiger partial charge in [0.15, 0.2) is 5.43 Å². The molecule has 164 valence electrons. The summed E-state index contributed by atoms with van der Waals surface area (Å²) in [7, 11) is 0. The molecule has 7 nitrogen and oxygen atoms in total. The highest BCUT2D eigenvalue weighted by Gasteiger charge is 2.32. The standard InChI is InChI=1S/C23H32N2O5/c1-14(2)10-18(21(27)17-12-20(17)26)24-22(28)19(11-15(3)4)25-23(29)30-13-16-8-6-5-7-9-16/h5-9,12,14-15,18-19,21,27H,10-11,13H2,1-4H3,(H,24,28)(H,25,29)/t18-,19?,21?/m0/s1. The first-order valence-electron chi connectivity index (χ1n) is 10.4. The highest BCUT2D eigenvalue weighted by atomic mass is 16.5. The van der Waals surface area contributed by atoms with Gasteiger partial charge in [0.2, 0.25) is 5.91 Å². The van der Waals surface area contributed by atoms with E-state index in [0.717, 1.165) is 5.56 Å². The van der Waals surface area contributed by atoms with Crippen LogP contribution in [0.1, 0.15) is 57.8 Å². The van der Waals surface area contributed by atoms with Gasteiger partial charge in [-0.25, -0.2) is 4.79 Å². The predicted molar refractivity (Wildman–Crippen MR) is 114 cm³/mol. The summed E-state index contributed by atoms with van der Waals surface area (Å²) in [6.45, 7) is 7.95. The van der Waals surface area contributed by atoms with E-state index in [2.05, 4.69) is 10.6 Å². The van der Waals surface area contributed by atoms with E-state index in [4.69, 9.17) is 4.74 Å². The molecule has 3 N–H and O–H groups in total. The van der Waals surface area contributed by atoms with Gasteiger partial charge in [-0.2, -0.15) is 0 Å². The zero-order valence-electron chi connectivity index (χ0n) is 18.1. The zero-order valence-corrected chi connectivity index (χ0v) is 18.1. The van der Waals surface area contributed by atoms with Crippen LogP contribution in [0.3, 0.4) is 0 Å². The summed E-state index contributed by atoms with van der Waals surface area (Å²) in [5, 5.41) is 15.9. The minimum Gasteiger partial charge on any atom is -0.445 e. The molecular weight excluding hydrogens is 384 g/mol. The smallest absolute Gasteiger partial charge is 0.408 e. The van der Waals surface area contributed by atoms with Crippen LogP contribution in [0.25, 0.3) is 0 Å². The van der Waals surface area contributed by atoms with Crippen molar-refractivity contribution in [2.24, 2.45) is 11.8 Å². The Hall–Kier alpha value is -2.67. The van der Waals surface area contributed by atoms with Gasteiger partial charge in [-0.1, -0.05) is 58.0 Å². The Labute approximate surface area is 177 Å². The van der Waals surface area contributed by atoms with Crippen LogP contribution in [0.15, 0.2) is 41.2 Å². The molecule has 2 unspecified atom stereocenters. The highest BCUT2D eigenvalue weighted by Crippen LogP contribution is 2.22. The van der Waals surface area contributed by atoms with Crippen LogP contribution in [0.4, 0.5) is 4.79 Å². The van der Waals surface area contributed by atoms with Gasteiger partial charge < -0.3 is 20.5 Å². The molecule has 0 bridgehead atoms. The Bertz CT molecular complexity index is 824. The molecule has 2 rings (SSSR count). The molecule has 7 heteroatoms. The fourth-order valence-corrected chi connectivity index (χ4v) is 3.22. The first-order chi connectivity index (χ1) is 14.2. The van der Waals surface area contributed by atoms with E-state index in [1.54, 1.807) is 0 Å². The first-order valence-corrected chi connectivity index (χ1v) is 10.4. The van der Waals surface area contributed by atoms with Gasteiger partial charge in [0.05, 0.1) is 6.04 Å². The van der Waals surface area contributed by atoms with Crippen LogP contribution in [0.2, 0.25) is 0 Å². The average molecular weight is 417 g/mol. The summed E-state index contributed by atoms with van der Waals surface area (Å²) >= 11 is 0. The number of ether oxygens (including phenoxy) is 1. The maximum absolute atomic E-state index is 12.9. The highest BCUT2D eigenvalue weighted by molar-refractivity contribution is 5.85. The third kappa shape index (κ3) is 7.63. The number of nitrogens with one attached hydrogen (secondary N) is 2. The fourth-order valence-electron chi connectivity index (χ4n) is 3.22. The molecule has 2 aromatic carbocycles. The summed E-state index contributed by atoms with van der Waals surface area (Å²) in [5.74, 6) is -0.0538. The second-order valence-electron chi connectivity index (χ2n) is 8.54. The Kier molecular flexibility index (Phi) is 8.59. The van der Waals surface area contributed by atoms with Crippen LogP contribution in [-0.4, -0.2) is 29.2 Å². The summed E-state index contributed by atoms with van der Waals surface area (Å²) in [4.78, 5) is 36.5. The molecule has 0 saturated heterocycles. The van der Waals surface area contributed by atoms with Gasteiger partial charge in [-0.05, 0) is 36.3 Å². The lowest BCUT2D eigenvalue weighted by Gasteiger charge is -2.27. The second-order valence-corrected chi connectivity index (χ2v) is 8.54. The number of aliphatic hydroxyl groups excluding tert-OH is 1. The van der Waals surface area contributed by atoms with Crippen molar-refractivity contribution in [3.63, 3.8) is 0 Å². The van der Waals surface area contributed by atoms with E-state index in [0.29, 0.717) is 18.4 Å². The molecule has 2 aromatic rings. The molecule has 0 fully saturated rings. The number of alkyl carbamates (subject to hydrolysis) is 1. The molecule has 0 spiro atoms. The lowest BCUT2D eigenvalue weighted by atomic mass is 9.96. The van der Waals surface area contributed by atoms with E-state index in [1.165, 1.54) is 6.07 Å². The van der Waals surface area contributed by atoms with Crippen molar-refractivity contribution >= 4 is 12.0 Å². The van der Waals surface area contributed by atoms with Crippen molar-refractivity contribution < 1.29 is 19.4 Å². The van der Waals surface area contributed by atoms with Crippen molar-refractivity contribution in [2.75, 3.05) is 0 Å². The minimum atomic E-state index is -1.05. The molecular formula is C23H32N2O5. The third-order valence-corrected chi connectivity index (χ3v) is 4.77. The number of rotatable bonds is 11. The number of benzene rings is 1. The van der Waals surface area contributed by atoms with E-state index in [1.807, 2.05) is 58.0 Å². The van der Waals surface area contributed by atoms with Crippen LogP contribution in [-0.2, 0) is 16.1 Å². The van der Waals surface area contributed by atoms with Crippen molar-refractivity contribution in [1.82, 2.24) is 10.6 Å². The van der Waals surface area contributed by atoms with Crippen LogP contribution >= 0.6 is 0 Å². The number of amides is 2. The molecule has 2 amide bonds. The summed E-state index contributed by atoms with van der Waals surface area (Å²) < 4.78 is 5.24. The summed E-state index contributed by atoms with van der Waals surface area (Å²) in [5.41, 5.74) is 0.989. The topological polar surface area (TPSA) is 105 Å². The van der Waals surface area contributed by atoms with Crippen LogP contribution < -0.4 is 16.1 Å². The molecule has 0 heterocycles. The van der Waals surface area contributed by atoms with Gasteiger partial charge in [-0.15, -0.1) is 0 Å². The van der Waals surface area contributed by atoms with Crippen molar-refractivity contribution in [3.05, 3.63) is 57.7 Å². The van der Waals surface area contributed by atoms with Gasteiger partial charge >= 0.3 is 6.09 Å². The maximum Gasteiger partial charge on any atom is 0.408 e. The van der Waals surface area contributed by atoms with Crippen molar-refractivity contribution in [2.45, 2.75) is 65.3 Å². The van der Waals surface area contributed by atoms with Crippen LogP contribution in [0.5, 0.6) is 0 Å². The zero-order chi connectivity index (χ0) is 22.3. The number of carbonyl (C=O) groups is 2. The Morgan fingerprint density at radius 2 is 1.60 bits per heavy atom. The largest absolute Gasteiger partial charge is 0.445 e. The minimum absolute atomic E-state index is 0.105. The SMILES string of the molecule is CC(C)CC(NC(=O)OCc1ccccc1)C(=O)N[C@@H](CC(C)C)C(O)c1cc1=O. The molecule has 3 atom stereocenters.